The molecule has 78 valence electrons. The molecule has 0 spiro atoms. The highest BCUT2D eigenvalue weighted by Crippen LogP contribution is 2.38. The zero-order valence-electron chi connectivity index (χ0n) is 8.73. The molecule has 0 saturated heterocycles. The Balaban J connectivity index is 1.95. The SMILES string of the molecule is CC(C)C(N)Cc1nc(C2CC2)ns1. The third-order valence-electron chi connectivity index (χ3n) is 2.69. The fraction of sp³-hybridized carbons (Fsp3) is 0.800. The van der Waals surface area contributed by atoms with E-state index < -0.39 is 0 Å². The Bertz CT molecular complexity index is 304. The fourth-order valence-electron chi connectivity index (χ4n) is 1.30. The molecule has 0 aromatic carbocycles. The predicted octanol–water partition coefficient (Wildman–Crippen LogP) is 1.94. The molecule has 2 rings (SSSR count). The first kappa shape index (κ1) is 10.1. The van der Waals surface area contributed by atoms with Crippen molar-refractivity contribution in [1.82, 2.24) is 9.36 Å². The van der Waals surface area contributed by atoms with Gasteiger partial charge in [0.05, 0.1) is 0 Å². The second-order valence-electron chi connectivity index (χ2n) is 4.43. The molecule has 1 aliphatic carbocycles. The number of hydrogen-bond donors (Lipinski definition) is 1. The molecular formula is C10H17N3S. The highest BCUT2D eigenvalue weighted by Gasteiger charge is 2.27. The molecule has 1 fully saturated rings. The van der Waals surface area contributed by atoms with E-state index in [0.717, 1.165) is 17.3 Å². The zero-order valence-corrected chi connectivity index (χ0v) is 9.55. The van der Waals surface area contributed by atoms with Gasteiger partial charge in [0, 0.05) is 18.4 Å². The van der Waals surface area contributed by atoms with Gasteiger partial charge in [0.1, 0.15) is 10.8 Å². The van der Waals surface area contributed by atoms with Gasteiger partial charge in [-0.25, -0.2) is 4.98 Å². The van der Waals surface area contributed by atoms with Gasteiger partial charge in [-0.1, -0.05) is 13.8 Å². The summed E-state index contributed by atoms with van der Waals surface area (Å²) in [6.07, 6.45) is 3.42. The standard InChI is InChI=1S/C10H17N3S/c1-6(2)8(11)5-9-12-10(13-14-9)7-3-4-7/h6-8H,3-5,11H2,1-2H3. The quantitative estimate of drug-likeness (QED) is 0.828. The Morgan fingerprint density at radius 2 is 2.21 bits per heavy atom. The fourth-order valence-corrected chi connectivity index (χ4v) is 2.09. The van der Waals surface area contributed by atoms with Crippen LogP contribution in [0.3, 0.4) is 0 Å². The molecule has 0 amide bonds. The van der Waals surface area contributed by atoms with E-state index in [-0.39, 0.29) is 6.04 Å². The largest absolute Gasteiger partial charge is 0.327 e. The number of rotatable bonds is 4. The van der Waals surface area contributed by atoms with E-state index in [1.165, 1.54) is 24.4 Å². The van der Waals surface area contributed by atoms with E-state index >= 15 is 0 Å². The van der Waals surface area contributed by atoms with E-state index in [1.54, 1.807) is 0 Å². The number of hydrogen-bond acceptors (Lipinski definition) is 4. The summed E-state index contributed by atoms with van der Waals surface area (Å²) >= 11 is 1.52. The minimum absolute atomic E-state index is 0.218. The minimum Gasteiger partial charge on any atom is -0.327 e. The highest BCUT2D eigenvalue weighted by atomic mass is 32.1. The maximum Gasteiger partial charge on any atom is 0.145 e. The molecule has 1 aromatic rings. The molecule has 1 heterocycles. The van der Waals surface area contributed by atoms with E-state index in [9.17, 15) is 0 Å². The van der Waals surface area contributed by atoms with Gasteiger partial charge >= 0.3 is 0 Å². The summed E-state index contributed by atoms with van der Waals surface area (Å²) in [4.78, 5) is 4.52. The number of aromatic nitrogens is 2. The van der Waals surface area contributed by atoms with Crippen molar-refractivity contribution in [2.75, 3.05) is 0 Å². The molecule has 0 bridgehead atoms. The highest BCUT2D eigenvalue weighted by molar-refractivity contribution is 7.05. The Morgan fingerprint density at radius 3 is 2.79 bits per heavy atom. The van der Waals surface area contributed by atoms with Crippen LogP contribution in [-0.2, 0) is 6.42 Å². The molecular weight excluding hydrogens is 194 g/mol. The van der Waals surface area contributed by atoms with E-state index in [1.807, 2.05) is 0 Å². The topological polar surface area (TPSA) is 51.8 Å². The molecule has 4 heteroatoms. The molecule has 1 atom stereocenters. The maximum absolute atomic E-state index is 5.99. The summed E-state index contributed by atoms with van der Waals surface area (Å²) < 4.78 is 4.37. The van der Waals surface area contributed by atoms with Crippen LogP contribution in [0.4, 0.5) is 0 Å². The summed E-state index contributed by atoms with van der Waals surface area (Å²) in [5, 5.41) is 1.10. The first-order valence-corrected chi connectivity index (χ1v) is 6.02. The van der Waals surface area contributed by atoms with Crippen LogP contribution in [-0.4, -0.2) is 15.4 Å². The van der Waals surface area contributed by atoms with Gasteiger partial charge in [-0.3, -0.25) is 0 Å². The van der Waals surface area contributed by atoms with Crippen molar-refractivity contribution in [2.45, 2.75) is 45.1 Å². The Labute approximate surface area is 88.9 Å². The lowest BCUT2D eigenvalue weighted by Gasteiger charge is -2.12. The summed E-state index contributed by atoms with van der Waals surface area (Å²) in [7, 11) is 0. The Kier molecular flexibility index (Phi) is 2.83. The number of nitrogens with two attached hydrogens (primary N) is 1. The second kappa shape index (κ2) is 3.95. The lowest BCUT2D eigenvalue weighted by molar-refractivity contribution is 0.489. The lowest BCUT2D eigenvalue weighted by atomic mass is 10.0. The normalized spacial score (nSPS) is 18.9. The van der Waals surface area contributed by atoms with Crippen molar-refractivity contribution in [3.8, 4) is 0 Å². The number of nitrogens with zero attached hydrogens (tertiary/aromatic N) is 2. The monoisotopic (exact) mass is 211 g/mol. The minimum atomic E-state index is 0.218. The predicted molar refractivity (Wildman–Crippen MR) is 58.4 cm³/mol. The van der Waals surface area contributed by atoms with Crippen LogP contribution in [0.25, 0.3) is 0 Å². The first-order chi connectivity index (χ1) is 6.66. The molecule has 0 aliphatic heterocycles. The Morgan fingerprint density at radius 1 is 1.50 bits per heavy atom. The lowest BCUT2D eigenvalue weighted by Crippen LogP contribution is -2.28. The van der Waals surface area contributed by atoms with E-state index in [0.29, 0.717) is 11.8 Å². The van der Waals surface area contributed by atoms with Crippen molar-refractivity contribution in [3.63, 3.8) is 0 Å². The van der Waals surface area contributed by atoms with Crippen LogP contribution in [0.5, 0.6) is 0 Å². The average molecular weight is 211 g/mol. The Hall–Kier alpha value is -0.480. The van der Waals surface area contributed by atoms with Crippen LogP contribution in [0.1, 0.15) is 43.4 Å². The van der Waals surface area contributed by atoms with Crippen molar-refractivity contribution in [3.05, 3.63) is 10.8 Å². The van der Waals surface area contributed by atoms with Gasteiger partial charge in [0.15, 0.2) is 0 Å². The maximum atomic E-state index is 5.99. The first-order valence-electron chi connectivity index (χ1n) is 5.25. The van der Waals surface area contributed by atoms with E-state index in [2.05, 4.69) is 23.2 Å². The van der Waals surface area contributed by atoms with Crippen LogP contribution < -0.4 is 5.73 Å². The summed E-state index contributed by atoms with van der Waals surface area (Å²) in [5.41, 5.74) is 5.99. The van der Waals surface area contributed by atoms with E-state index in [4.69, 9.17) is 5.73 Å². The van der Waals surface area contributed by atoms with Crippen molar-refractivity contribution < 1.29 is 0 Å². The van der Waals surface area contributed by atoms with Gasteiger partial charge in [0.25, 0.3) is 0 Å². The molecule has 1 aromatic heterocycles. The molecule has 1 unspecified atom stereocenters. The van der Waals surface area contributed by atoms with Crippen LogP contribution in [0, 0.1) is 5.92 Å². The van der Waals surface area contributed by atoms with Gasteiger partial charge in [-0.15, -0.1) is 0 Å². The van der Waals surface area contributed by atoms with Gasteiger partial charge in [0.2, 0.25) is 0 Å². The van der Waals surface area contributed by atoms with Crippen LogP contribution in [0.15, 0.2) is 0 Å². The third-order valence-corrected chi connectivity index (χ3v) is 3.44. The van der Waals surface area contributed by atoms with Crippen LogP contribution >= 0.6 is 11.5 Å². The van der Waals surface area contributed by atoms with Crippen LogP contribution in [0.2, 0.25) is 0 Å². The van der Waals surface area contributed by atoms with Gasteiger partial charge in [-0.2, -0.15) is 4.37 Å². The molecule has 2 N–H and O–H groups in total. The average Bonchev–Trinajstić information content (AvgIpc) is 2.88. The molecule has 1 aliphatic rings. The second-order valence-corrected chi connectivity index (χ2v) is 5.27. The summed E-state index contributed by atoms with van der Waals surface area (Å²) in [6.45, 7) is 4.29. The zero-order chi connectivity index (χ0) is 10.1. The van der Waals surface area contributed by atoms with Crippen molar-refractivity contribution in [1.29, 1.82) is 0 Å². The molecule has 3 nitrogen and oxygen atoms in total. The molecule has 1 saturated carbocycles. The molecule has 14 heavy (non-hydrogen) atoms. The van der Waals surface area contributed by atoms with Gasteiger partial charge < -0.3 is 5.73 Å². The smallest absolute Gasteiger partial charge is 0.145 e. The van der Waals surface area contributed by atoms with Crippen molar-refractivity contribution >= 4 is 11.5 Å². The summed E-state index contributed by atoms with van der Waals surface area (Å²) in [6, 6.07) is 0.218. The van der Waals surface area contributed by atoms with Crippen molar-refractivity contribution in [2.24, 2.45) is 11.7 Å². The summed E-state index contributed by atoms with van der Waals surface area (Å²) in [5.74, 6) is 2.24. The molecule has 0 radical (unpaired) electrons. The van der Waals surface area contributed by atoms with Gasteiger partial charge in [-0.05, 0) is 30.3 Å². The third kappa shape index (κ3) is 2.30.